The van der Waals surface area contributed by atoms with Gasteiger partial charge in [0.15, 0.2) is 5.78 Å². The van der Waals surface area contributed by atoms with Crippen molar-refractivity contribution >= 4 is 46.4 Å². The maximum atomic E-state index is 12.3. The Morgan fingerprint density at radius 1 is 1.44 bits per heavy atom. The highest BCUT2D eigenvalue weighted by Crippen LogP contribution is 2.35. The van der Waals surface area contributed by atoms with Crippen molar-refractivity contribution in [3.8, 4) is 0 Å². The largest absolute Gasteiger partial charge is 0.292 e. The summed E-state index contributed by atoms with van der Waals surface area (Å²) in [6, 6.07) is 4.42. The van der Waals surface area contributed by atoms with Crippen LogP contribution in [0.1, 0.15) is 29.6 Å². The Bertz CT molecular complexity index is 522. The van der Waals surface area contributed by atoms with Crippen molar-refractivity contribution in [2.24, 2.45) is 10.9 Å². The lowest BCUT2D eigenvalue weighted by atomic mass is 10.00. The molecule has 2 nitrogen and oxygen atoms in total. The Hall–Kier alpha value is -0.730. The molecule has 0 heterocycles. The molecule has 0 amide bonds. The quantitative estimate of drug-likeness (QED) is 0.457. The van der Waals surface area contributed by atoms with E-state index in [1.807, 2.05) is 0 Å². The molecule has 2 rings (SSSR count). The van der Waals surface area contributed by atoms with Gasteiger partial charge in [0, 0.05) is 5.56 Å². The third kappa shape index (κ3) is 3.39. The molecule has 1 aliphatic rings. The van der Waals surface area contributed by atoms with Gasteiger partial charge in [0.25, 0.3) is 0 Å². The first-order valence-corrected chi connectivity index (χ1v) is 6.84. The number of rotatable bonds is 5. The predicted octanol–water partition coefficient (Wildman–Crippen LogP) is 4.45. The van der Waals surface area contributed by atoms with Crippen molar-refractivity contribution in [2.45, 2.75) is 25.3 Å². The van der Waals surface area contributed by atoms with E-state index < -0.39 is 6.04 Å². The molecule has 18 heavy (non-hydrogen) atoms. The lowest BCUT2D eigenvalue weighted by Crippen LogP contribution is -2.19. The summed E-state index contributed by atoms with van der Waals surface area (Å²) in [7, 11) is 0. The summed E-state index contributed by atoms with van der Waals surface area (Å²) in [4.78, 5) is 16.3. The van der Waals surface area contributed by atoms with Crippen LogP contribution in [0.2, 0.25) is 10.0 Å². The second-order valence-electron chi connectivity index (χ2n) is 4.41. The van der Waals surface area contributed by atoms with Crippen LogP contribution in [0.4, 0.5) is 0 Å². The van der Waals surface area contributed by atoms with Crippen molar-refractivity contribution in [3.63, 3.8) is 0 Å². The van der Waals surface area contributed by atoms with Gasteiger partial charge in [-0.3, -0.25) is 4.79 Å². The number of Topliss-reactive ketones (excluding diaryl/α,β-unsaturated/α-hetero) is 1. The number of isothiocyanates is 1. The van der Waals surface area contributed by atoms with Crippen LogP contribution in [0.3, 0.4) is 0 Å². The Morgan fingerprint density at radius 2 is 2.17 bits per heavy atom. The maximum Gasteiger partial charge on any atom is 0.188 e. The average molecular weight is 300 g/mol. The fourth-order valence-corrected chi connectivity index (χ4v) is 2.22. The first-order chi connectivity index (χ1) is 8.61. The van der Waals surface area contributed by atoms with Crippen LogP contribution < -0.4 is 0 Å². The van der Waals surface area contributed by atoms with Gasteiger partial charge in [-0.05, 0) is 42.8 Å². The summed E-state index contributed by atoms with van der Waals surface area (Å²) in [5.74, 6) is 0.520. The van der Waals surface area contributed by atoms with E-state index in [0.717, 1.165) is 19.3 Å². The van der Waals surface area contributed by atoms with E-state index in [1.54, 1.807) is 18.2 Å². The molecule has 1 aromatic rings. The fourth-order valence-electron chi connectivity index (χ4n) is 1.79. The van der Waals surface area contributed by atoms with Crippen molar-refractivity contribution < 1.29 is 4.79 Å². The highest BCUT2D eigenvalue weighted by atomic mass is 35.5. The molecule has 0 saturated heterocycles. The molecule has 1 unspecified atom stereocenters. The molecule has 0 N–H and O–H groups in total. The van der Waals surface area contributed by atoms with Gasteiger partial charge in [0.2, 0.25) is 0 Å². The van der Waals surface area contributed by atoms with Gasteiger partial charge in [0.1, 0.15) is 6.04 Å². The van der Waals surface area contributed by atoms with Crippen LogP contribution >= 0.6 is 35.4 Å². The molecule has 1 saturated carbocycles. The molecular formula is C13H11Cl2NOS. The molecule has 0 bridgehead atoms. The molecular weight excluding hydrogens is 289 g/mol. The van der Waals surface area contributed by atoms with Crippen LogP contribution in [-0.2, 0) is 0 Å². The van der Waals surface area contributed by atoms with Crippen LogP contribution in [0.25, 0.3) is 0 Å². The number of nitrogens with zero attached hydrogens (tertiary/aromatic N) is 1. The fraction of sp³-hybridized carbons (Fsp3) is 0.385. The zero-order chi connectivity index (χ0) is 13.1. The van der Waals surface area contributed by atoms with Crippen molar-refractivity contribution in [2.75, 3.05) is 0 Å². The summed E-state index contributed by atoms with van der Waals surface area (Å²) >= 11 is 16.3. The minimum Gasteiger partial charge on any atom is -0.292 e. The first-order valence-electron chi connectivity index (χ1n) is 5.68. The molecule has 0 aliphatic heterocycles. The van der Waals surface area contributed by atoms with Gasteiger partial charge in [-0.2, -0.15) is 0 Å². The number of carbonyl (C=O) groups excluding carboxylic acids is 1. The second kappa shape index (κ2) is 5.94. The van der Waals surface area contributed by atoms with E-state index >= 15 is 0 Å². The van der Waals surface area contributed by atoms with Gasteiger partial charge in [-0.1, -0.05) is 36.0 Å². The molecule has 0 spiro atoms. The summed E-state index contributed by atoms with van der Waals surface area (Å²) in [5, 5.41) is 3.12. The molecule has 1 aliphatic carbocycles. The Labute approximate surface area is 121 Å². The van der Waals surface area contributed by atoms with Crippen molar-refractivity contribution in [3.05, 3.63) is 33.8 Å². The molecule has 5 heteroatoms. The van der Waals surface area contributed by atoms with Crippen molar-refractivity contribution in [1.29, 1.82) is 0 Å². The molecule has 1 aromatic carbocycles. The maximum absolute atomic E-state index is 12.3. The lowest BCUT2D eigenvalue weighted by molar-refractivity contribution is 0.0956. The molecule has 94 valence electrons. The van der Waals surface area contributed by atoms with Crippen LogP contribution in [-0.4, -0.2) is 17.0 Å². The topological polar surface area (TPSA) is 29.4 Å². The van der Waals surface area contributed by atoms with Crippen LogP contribution in [0, 0.1) is 5.92 Å². The van der Waals surface area contributed by atoms with E-state index in [9.17, 15) is 4.79 Å². The number of halogens is 2. The SMILES string of the molecule is O=C(c1ccc(Cl)c(Cl)c1)C(CC1CC1)N=C=S. The number of carbonyl (C=O) groups is 1. The third-order valence-electron chi connectivity index (χ3n) is 2.97. The van der Waals surface area contributed by atoms with Crippen LogP contribution in [0.15, 0.2) is 23.2 Å². The van der Waals surface area contributed by atoms with Gasteiger partial charge in [0.05, 0.1) is 15.2 Å². The number of aliphatic imine (C=N–C) groups is 1. The number of hydrogen-bond acceptors (Lipinski definition) is 3. The van der Waals surface area contributed by atoms with E-state index in [4.69, 9.17) is 23.2 Å². The minimum atomic E-state index is -0.438. The molecule has 0 aromatic heterocycles. The Balaban J connectivity index is 2.20. The average Bonchev–Trinajstić information content (AvgIpc) is 3.15. The zero-order valence-corrected chi connectivity index (χ0v) is 11.9. The normalized spacial score (nSPS) is 15.9. The predicted molar refractivity (Wildman–Crippen MR) is 76.9 cm³/mol. The summed E-state index contributed by atoms with van der Waals surface area (Å²) in [6.07, 6.45) is 3.07. The third-order valence-corrected chi connectivity index (χ3v) is 3.81. The van der Waals surface area contributed by atoms with Gasteiger partial charge < -0.3 is 0 Å². The molecule has 1 fully saturated rings. The van der Waals surface area contributed by atoms with E-state index in [0.29, 0.717) is 21.5 Å². The summed E-state index contributed by atoms with van der Waals surface area (Å²) < 4.78 is 0. The minimum absolute atomic E-state index is 0.0715. The van der Waals surface area contributed by atoms with E-state index in [-0.39, 0.29) is 5.78 Å². The first kappa shape index (κ1) is 13.7. The highest BCUT2D eigenvalue weighted by molar-refractivity contribution is 7.78. The highest BCUT2D eigenvalue weighted by Gasteiger charge is 2.29. The van der Waals surface area contributed by atoms with Crippen molar-refractivity contribution in [1.82, 2.24) is 0 Å². The van der Waals surface area contributed by atoms with Crippen LogP contribution in [0.5, 0.6) is 0 Å². The lowest BCUT2D eigenvalue weighted by Gasteiger charge is -2.10. The van der Waals surface area contributed by atoms with Gasteiger partial charge in [-0.15, -0.1) is 0 Å². The van der Waals surface area contributed by atoms with E-state index in [1.165, 1.54) is 0 Å². The number of benzene rings is 1. The number of hydrogen-bond donors (Lipinski definition) is 0. The molecule has 1 atom stereocenters. The summed E-state index contributed by atoms with van der Waals surface area (Å²) in [6.45, 7) is 0. The summed E-state index contributed by atoms with van der Waals surface area (Å²) in [5.41, 5.74) is 0.518. The number of thiocarbonyl (C=S) groups is 1. The smallest absolute Gasteiger partial charge is 0.188 e. The molecule has 0 radical (unpaired) electrons. The van der Waals surface area contributed by atoms with E-state index in [2.05, 4.69) is 22.4 Å². The van der Waals surface area contributed by atoms with Gasteiger partial charge >= 0.3 is 0 Å². The second-order valence-corrected chi connectivity index (χ2v) is 5.41. The van der Waals surface area contributed by atoms with Gasteiger partial charge in [-0.25, -0.2) is 4.99 Å². The zero-order valence-electron chi connectivity index (χ0n) is 9.53. The monoisotopic (exact) mass is 299 g/mol. The number of ketones is 1. The Kier molecular flexibility index (Phi) is 4.52. The Morgan fingerprint density at radius 3 is 2.72 bits per heavy atom. The standard InChI is InChI=1S/C13H11Cl2NOS/c14-10-4-3-9(6-11(10)15)13(17)12(16-7-18)5-8-1-2-8/h3-4,6,8,12H,1-2,5H2.